The van der Waals surface area contributed by atoms with Gasteiger partial charge >= 0.3 is 0 Å². The van der Waals surface area contributed by atoms with Crippen LogP contribution in [-0.4, -0.2) is 12.5 Å². The summed E-state index contributed by atoms with van der Waals surface area (Å²) in [5.74, 6) is 6.34. The molecule has 0 heterocycles. The molecule has 4 nitrogen and oxygen atoms in total. The minimum absolute atomic E-state index is 0.105. The number of ether oxygens (including phenoxy) is 1. The molecule has 0 atom stereocenters. The number of carbonyl (C=O) groups excluding carboxylic acids is 1. The minimum Gasteiger partial charge on any atom is -0.493 e. The SMILES string of the molecule is CC(C)c1ccccc1OCCCCCC(=O)NN. The normalized spacial score (nSPS) is 10.5. The lowest BCUT2D eigenvalue weighted by molar-refractivity contribution is -0.121. The molecule has 0 spiro atoms. The van der Waals surface area contributed by atoms with Gasteiger partial charge in [-0.3, -0.25) is 10.2 Å². The molecular weight excluding hydrogens is 240 g/mol. The molecule has 3 N–H and O–H groups in total. The molecule has 0 aliphatic heterocycles. The lowest BCUT2D eigenvalue weighted by atomic mass is 10.0. The maximum Gasteiger partial charge on any atom is 0.233 e. The zero-order valence-electron chi connectivity index (χ0n) is 11.8. The van der Waals surface area contributed by atoms with E-state index < -0.39 is 0 Å². The number of carbonyl (C=O) groups is 1. The fraction of sp³-hybridized carbons (Fsp3) is 0.533. The van der Waals surface area contributed by atoms with E-state index in [-0.39, 0.29) is 5.91 Å². The van der Waals surface area contributed by atoms with E-state index in [1.165, 1.54) is 5.56 Å². The summed E-state index contributed by atoms with van der Waals surface area (Å²) in [6, 6.07) is 8.14. The second-order valence-corrected chi connectivity index (χ2v) is 4.92. The fourth-order valence-corrected chi connectivity index (χ4v) is 1.91. The van der Waals surface area contributed by atoms with Gasteiger partial charge in [0.25, 0.3) is 0 Å². The topological polar surface area (TPSA) is 64.3 Å². The number of amides is 1. The first-order valence-corrected chi connectivity index (χ1v) is 6.86. The number of nitrogens with one attached hydrogen (secondary N) is 1. The van der Waals surface area contributed by atoms with E-state index in [4.69, 9.17) is 10.6 Å². The van der Waals surface area contributed by atoms with Crippen molar-refractivity contribution in [2.75, 3.05) is 6.61 Å². The van der Waals surface area contributed by atoms with Gasteiger partial charge in [0.2, 0.25) is 5.91 Å². The average Bonchev–Trinajstić information content (AvgIpc) is 2.42. The monoisotopic (exact) mass is 264 g/mol. The Kier molecular flexibility index (Phi) is 6.97. The van der Waals surface area contributed by atoms with E-state index in [2.05, 4.69) is 25.3 Å². The summed E-state index contributed by atoms with van der Waals surface area (Å²) < 4.78 is 5.81. The Labute approximate surface area is 115 Å². The van der Waals surface area contributed by atoms with Crippen molar-refractivity contribution < 1.29 is 9.53 Å². The third-order valence-corrected chi connectivity index (χ3v) is 3.01. The smallest absolute Gasteiger partial charge is 0.233 e. The van der Waals surface area contributed by atoms with Crippen molar-refractivity contribution in [3.8, 4) is 5.75 Å². The molecule has 19 heavy (non-hydrogen) atoms. The maximum atomic E-state index is 10.9. The quantitative estimate of drug-likeness (QED) is 0.328. The third-order valence-electron chi connectivity index (χ3n) is 3.01. The highest BCUT2D eigenvalue weighted by molar-refractivity contribution is 5.75. The van der Waals surface area contributed by atoms with Gasteiger partial charge in [0, 0.05) is 6.42 Å². The summed E-state index contributed by atoms with van der Waals surface area (Å²) in [5, 5.41) is 0. The number of benzene rings is 1. The number of hydrogen-bond acceptors (Lipinski definition) is 3. The number of rotatable bonds is 8. The van der Waals surface area contributed by atoms with Crippen LogP contribution in [-0.2, 0) is 4.79 Å². The molecule has 0 aliphatic rings. The highest BCUT2D eigenvalue weighted by Gasteiger charge is 2.06. The van der Waals surface area contributed by atoms with Gasteiger partial charge in [0.1, 0.15) is 5.75 Å². The number of hydrogen-bond donors (Lipinski definition) is 2. The predicted molar refractivity (Wildman–Crippen MR) is 76.8 cm³/mol. The predicted octanol–water partition coefficient (Wildman–Crippen LogP) is 2.74. The van der Waals surface area contributed by atoms with Crippen LogP contribution in [0.25, 0.3) is 0 Å². The minimum atomic E-state index is -0.105. The molecule has 1 aromatic rings. The zero-order valence-corrected chi connectivity index (χ0v) is 11.8. The van der Waals surface area contributed by atoms with E-state index >= 15 is 0 Å². The molecule has 1 rings (SSSR count). The van der Waals surface area contributed by atoms with E-state index in [9.17, 15) is 4.79 Å². The van der Waals surface area contributed by atoms with Gasteiger partial charge in [-0.25, -0.2) is 5.84 Å². The van der Waals surface area contributed by atoms with Gasteiger partial charge in [-0.05, 0) is 36.8 Å². The zero-order chi connectivity index (χ0) is 14.1. The molecule has 0 radical (unpaired) electrons. The molecule has 0 aromatic heterocycles. The molecule has 0 saturated carbocycles. The Morgan fingerprint density at radius 2 is 2.00 bits per heavy atom. The lowest BCUT2D eigenvalue weighted by Gasteiger charge is -2.13. The molecule has 0 fully saturated rings. The number of nitrogens with two attached hydrogens (primary N) is 1. The summed E-state index contributed by atoms with van der Waals surface area (Å²) in [4.78, 5) is 10.9. The Hall–Kier alpha value is -1.55. The number of hydrazine groups is 1. The van der Waals surface area contributed by atoms with Crippen molar-refractivity contribution in [2.45, 2.75) is 45.4 Å². The van der Waals surface area contributed by atoms with Gasteiger partial charge in [0.15, 0.2) is 0 Å². The summed E-state index contributed by atoms with van der Waals surface area (Å²) in [7, 11) is 0. The van der Waals surface area contributed by atoms with Gasteiger partial charge in [0.05, 0.1) is 6.61 Å². The first-order valence-electron chi connectivity index (χ1n) is 6.86. The van der Waals surface area contributed by atoms with Crippen molar-refractivity contribution in [1.29, 1.82) is 0 Å². The van der Waals surface area contributed by atoms with Gasteiger partial charge in [-0.1, -0.05) is 32.0 Å². The Bertz CT molecular complexity index is 391. The molecule has 106 valence electrons. The van der Waals surface area contributed by atoms with E-state index in [0.29, 0.717) is 18.9 Å². The van der Waals surface area contributed by atoms with Crippen LogP contribution in [0.3, 0.4) is 0 Å². The molecule has 0 saturated heterocycles. The molecule has 0 aliphatic carbocycles. The van der Waals surface area contributed by atoms with Crippen LogP contribution in [0.2, 0.25) is 0 Å². The first-order chi connectivity index (χ1) is 9.15. The van der Waals surface area contributed by atoms with Crippen LogP contribution in [0.4, 0.5) is 0 Å². The standard InChI is InChI=1S/C15H24N2O2/c1-12(2)13-8-5-6-9-14(13)19-11-7-3-4-10-15(18)17-16/h5-6,8-9,12H,3-4,7,10-11,16H2,1-2H3,(H,17,18). The third kappa shape index (κ3) is 5.75. The highest BCUT2D eigenvalue weighted by atomic mass is 16.5. The molecule has 1 aromatic carbocycles. The molecule has 0 bridgehead atoms. The van der Waals surface area contributed by atoms with Crippen molar-refractivity contribution in [3.63, 3.8) is 0 Å². The number of unbranched alkanes of at least 4 members (excludes halogenated alkanes) is 2. The Morgan fingerprint density at radius 3 is 2.68 bits per heavy atom. The van der Waals surface area contributed by atoms with E-state index in [1.807, 2.05) is 18.2 Å². The molecule has 0 unspecified atom stereocenters. The Balaban J connectivity index is 2.24. The van der Waals surface area contributed by atoms with E-state index in [0.717, 1.165) is 25.0 Å². The summed E-state index contributed by atoms with van der Waals surface area (Å²) >= 11 is 0. The van der Waals surface area contributed by atoms with Gasteiger partial charge in [-0.15, -0.1) is 0 Å². The van der Waals surface area contributed by atoms with E-state index in [1.54, 1.807) is 0 Å². The second-order valence-electron chi connectivity index (χ2n) is 4.92. The molecule has 1 amide bonds. The van der Waals surface area contributed by atoms with Crippen molar-refractivity contribution in [1.82, 2.24) is 5.43 Å². The van der Waals surface area contributed by atoms with Crippen LogP contribution < -0.4 is 16.0 Å². The maximum absolute atomic E-state index is 10.9. The highest BCUT2D eigenvalue weighted by Crippen LogP contribution is 2.25. The van der Waals surface area contributed by atoms with Gasteiger partial charge < -0.3 is 4.74 Å². The van der Waals surface area contributed by atoms with Gasteiger partial charge in [-0.2, -0.15) is 0 Å². The second kappa shape index (κ2) is 8.53. The summed E-state index contributed by atoms with van der Waals surface area (Å²) in [6.07, 6.45) is 3.25. The van der Waals surface area contributed by atoms with Crippen LogP contribution in [0.15, 0.2) is 24.3 Å². The van der Waals surface area contributed by atoms with Crippen molar-refractivity contribution >= 4 is 5.91 Å². The fourth-order valence-electron chi connectivity index (χ4n) is 1.91. The van der Waals surface area contributed by atoms with Crippen LogP contribution in [0.5, 0.6) is 5.75 Å². The summed E-state index contributed by atoms with van der Waals surface area (Å²) in [6.45, 7) is 5.01. The van der Waals surface area contributed by atoms with Crippen LogP contribution >= 0.6 is 0 Å². The summed E-state index contributed by atoms with van der Waals surface area (Å²) in [5.41, 5.74) is 3.37. The van der Waals surface area contributed by atoms with Crippen molar-refractivity contribution in [2.24, 2.45) is 5.84 Å². The van der Waals surface area contributed by atoms with Crippen LogP contribution in [0.1, 0.15) is 51.0 Å². The molecular formula is C15H24N2O2. The number of para-hydroxylation sites is 1. The average molecular weight is 264 g/mol. The molecule has 4 heteroatoms. The largest absolute Gasteiger partial charge is 0.493 e. The van der Waals surface area contributed by atoms with Crippen molar-refractivity contribution in [3.05, 3.63) is 29.8 Å². The van der Waals surface area contributed by atoms with Crippen LogP contribution in [0, 0.1) is 0 Å². The Morgan fingerprint density at radius 1 is 1.26 bits per heavy atom. The first kappa shape index (κ1) is 15.5. The lowest BCUT2D eigenvalue weighted by Crippen LogP contribution is -2.29.